The molecule has 0 saturated carbocycles. The number of halogens is 1. The first kappa shape index (κ1) is 15.2. The van der Waals surface area contributed by atoms with Gasteiger partial charge >= 0.3 is 5.97 Å². The van der Waals surface area contributed by atoms with Crippen LogP contribution in [0.25, 0.3) is 10.9 Å². The van der Waals surface area contributed by atoms with E-state index in [1.165, 1.54) is 18.2 Å². The van der Waals surface area contributed by atoms with Gasteiger partial charge in [-0.25, -0.2) is 9.18 Å². The van der Waals surface area contributed by atoms with E-state index in [0.717, 1.165) is 11.1 Å². The van der Waals surface area contributed by atoms with Gasteiger partial charge < -0.3 is 15.4 Å². The van der Waals surface area contributed by atoms with Crippen LogP contribution in [0.5, 0.6) is 0 Å². The van der Waals surface area contributed by atoms with Gasteiger partial charge in [0, 0.05) is 23.0 Å². The Bertz CT molecular complexity index is 933. The average molecular weight is 328 g/mol. The van der Waals surface area contributed by atoms with E-state index in [1.807, 2.05) is 18.2 Å². The Labute approximate surface area is 137 Å². The molecule has 0 aliphatic rings. The molecule has 0 unspecified atom stereocenters. The summed E-state index contributed by atoms with van der Waals surface area (Å²) in [5.74, 6) is -1.46. The van der Waals surface area contributed by atoms with Gasteiger partial charge in [0.05, 0.1) is 0 Å². The normalized spacial score (nSPS) is 10.8. The van der Waals surface area contributed by atoms with E-state index in [-0.39, 0.29) is 10.7 Å². The molecule has 3 N–H and O–H groups in total. The van der Waals surface area contributed by atoms with E-state index in [2.05, 4.69) is 0 Å². The van der Waals surface area contributed by atoms with Gasteiger partial charge in [0.15, 0.2) is 0 Å². The molecule has 0 amide bonds. The maximum absolute atomic E-state index is 13.4. The van der Waals surface area contributed by atoms with Crippen LogP contribution in [-0.2, 0) is 6.54 Å². The highest BCUT2D eigenvalue weighted by Crippen LogP contribution is 2.23. The number of rotatable bonds is 4. The molecule has 0 bridgehead atoms. The summed E-state index contributed by atoms with van der Waals surface area (Å²) in [5.41, 5.74) is 7.97. The minimum atomic E-state index is -1.06. The van der Waals surface area contributed by atoms with Gasteiger partial charge in [-0.15, -0.1) is 0 Å². The number of fused-ring (bicyclic) bond motifs is 1. The Balaban J connectivity index is 2.11. The van der Waals surface area contributed by atoms with E-state index < -0.39 is 11.8 Å². The molecule has 6 heteroatoms. The van der Waals surface area contributed by atoms with Crippen LogP contribution < -0.4 is 5.73 Å². The number of thiocarbonyl (C=S) groups is 1. The number of benzene rings is 2. The number of nitrogens with two attached hydrogens (primary N) is 1. The first-order valence-corrected chi connectivity index (χ1v) is 7.27. The van der Waals surface area contributed by atoms with Crippen LogP contribution in [0.15, 0.2) is 48.5 Å². The molecular formula is C17H13FN2O2S. The number of hydrogen-bond acceptors (Lipinski definition) is 2. The molecule has 0 radical (unpaired) electrons. The largest absolute Gasteiger partial charge is 0.477 e. The van der Waals surface area contributed by atoms with Crippen molar-refractivity contribution in [2.75, 3.05) is 0 Å². The highest BCUT2D eigenvalue weighted by Gasteiger charge is 2.15. The molecule has 0 spiro atoms. The third kappa shape index (κ3) is 2.93. The molecule has 2 aromatic carbocycles. The van der Waals surface area contributed by atoms with Crippen LogP contribution in [0, 0.1) is 5.82 Å². The van der Waals surface area contributed by atoms with Crippen molar-refractivity contribution in [3.63, 3.8) is 0 Å². The molecule has 23 heavy (non-hydrogen) atoms. The Hall–Kier alpha value is -2.73. The lowest BCUT2D eigenvalue weighted by Crippen LogP contribution is -2.12. The van der Waals surface area contributed by atoms with Gasteiger partial charge in [0.1, 0.15) is 16.5 Å². The van der Waals surface area contributed by atoms with Crippen LogP contribution >= 0.6 is 12.2 Å². The number of nitrogens with zero attached hydrogens (tertiary/aromatic N) is 1. The summed E-state index contributed by atoms with van der Waals surface area (Å²) in [7, 11) is 0. The summed E-state index contributed by atoms with van der Waals surface area (Å²) in [5, 5.41) is 9.95. The van der Waals surface area contributed by atoms with Gasteiger partial charge in [-0.1, -0.05) is 30.4 Å². The molecule has 0 aliphatic heterocycles. The summed E-state index contributed by atoms with van der Waals surface area (Å²) in [4.78, 5) is 11.8. The number of carbonyl (C=O) groups is 1. The van der Waals surface area contributed by atoms with E-state index in [0.29, 0.717) is 17.4 Å². The van der Waals surface area contributed by atoms with Gasteiger partial charge in [0.25, 0.3) is 0 Å². The zero-order chi connectivity index (χ0) is 16.6. The van der Waals surface area contributed by atoms with E-state index in [1.54, 1.807) is 16.7 Å². The summed E-state index contributed by atoms with van der Waals surface area (Å²) in [6.45, 7) is 0.327. The van der Waals surface area contributed by atoms with E-state index in [4.69, 9.17) is 18.0 Å². The zero-order valence-corrected chi connectivity index (χ0v) is 12.8. The van der Waals surface area contributed by atoms with Gasteiger partial charge in [0.2, 0.25) is 0 Å². The van der Waals surface area contributed by atoms with Crippen LogP contribution in [-0.4, -0.2) is 20.6 Å². The molecule has 0 fully saturated rings. The minimum Gasteiger partial charge on any atom is -0.477 e. The van der Waals surface area contributed by atoms with Gasteiger partial charge in [-0.3, -0.25) is 0 Å². The second kappa shape index (κ2) is 5.81. The Morgan fingerprint density at radius 1 is 1.22 bits per heavy atom. The second-order valence-corrected chi connectivity index (χ2v) is 5.63. The SMILES string of the molecule is NC(=S)c1cccc(Cn2c(C(=O)O)cc3cc(F)ccc32)c1. The van der Waals surface area contributed by atoms with Crippen LogP contribution in [0.4, 0.5) is 4.39 Å². The van der Waals surface area contributed by atoms with Crippen molar-refractivity contribution in [2.24, 2.45) is 5.73 Å². The third-order valence-corrected chi connectivity index (χ3v) is 3.87. The predicted molar refractivity (Wildman–Crippen MR) is 90.3 cm³/mol. The van der Waals surface area contributed by atoms with Crippen LogP contribution in [0.2, 0.25) is 0 Å². The highest BCUT2D eigenvalue weighted by atomic mass is 32.1. The summed E-state index contributed by atoms with van der Waals surface area (Å²) in [6.07, 6.45) is 0. The van der Waals surface area contributed by atoms with E-state index in [9.17, 15) is 14.3 Å². The topological polar surface area (TPSA) is 68.2 Å². The molecule has 1 heterocycles. The Kier molecular flexibility index (Phi) is 3.83. The molecule has 3 rings (SSSR count). The summed E-state index contributed by atoms with van der Waals surface area (Å²) in [6, 6.07) is 13.0. The maximum Gasteiger partial charge on any atom is 0.352 e. The van der Waals surface area contributed by atoms with Crippen molar-refractivity contribution in [1.82, 2.24) is 4.57 Å². The van der Waals surface area contributed by atoms with E-state index >= 15 is 0 Å². The van der Waals surface area contributed by atoms with Crippen molar-refractivity contribution in [3.8, 4) is 0 Å². The Morgan fingerprint density at radius 2 is 2.00 bits per heavy atom. The van der Waals surface area contributed by atoms with Crippen molar-refractivity contribution in [2.45, 2.75) is 6.54 Å². The first-order chi connectivity index (χ1) is 11.0. The summed E-state index contributed by atoms with van der Waals surface area (Å²) < 4.78 is 15.0. The fourth-order valence-corrected chi connectivity index (χ4v) is 2.72. The second-order valence-electron chi connectivity index (χ2n) is 5.19. The van der Waals surface area contributed by atoms with Crippen LogP contribution in [0.3, 0.4) is 0 Å². The smallest absolute Gasteiger partial charge is 0.352 e. The fraction of sp³-hybridized carbons (Fsp3) is 0.0588. The standard InChI is InChI=1S/C17H13FN2O2S/c18-13-4-5-14-12(7-13)8-15(17(21)22)20(14)9-10-2-1-3-11(6-10)16(19)23/h1-8H,9H2,(H2,19,23)(H,21,22). The lowest BCUT2D eigenvalue weighted by Gasteiger charge is -2.10. The molecule has 116 valence electrons. The van der Waals surface area contributed by atoms with Gasteiger partial charge in [-0.05, 0) is 35.9 Å². The van der Waals surface area contributed by atoms with Crippen molar-refractivity contribution in [1.29, 1.82) is 0 Å². The minimum absolute atomic E-state index is 0.103. The first-order valence-electron chi connectivity index (χ1n) is 6.86. The summed E-state index contributed by atoms with van der Waals surface area (Å²) >= 11 is 4.96. The number of aromatic carboxylic acids is 1. The fourth-order valence-electron chi connectivity index (χ4n) is 2.59. The highest BCUT2D eigenvalue weighted by molar-refractivity contribution is 7.80. The quantitative estimate of drug-likeness (QED) is 0.722. The van der Waals surface area contributed by atoms with Gasteiger partial charge in [-0.2, -0.15) is 0 Å². The molecule has 0 atom stereocenters. The lowest BCUT2D eigenvalue weighted by atomic mass is 10.1. The zero-order valence-electron chi connectivity index (χ0n) is 12.0. The van der Waals surface area contributed by atoms with Crippen molar-refractivity contribution >= 4 is 34.1 Å². The molecule has 0 aliphatic carbocycles. The predicted octanol–water partition coefficient (Wildman–Crippen LogP) is 3.16. The molecule has 0 saturated heterocycles. The lowest BCUT2D eigenvalue weighted by molar-refractivity contribution is 0.0686. The van der Waals surface area contributed by atoms with Crippen molar-refractivity contribution in [3.05, 3.63) is 71.2 Å². The molecule has 4 nitrogen and oxygen atoms in total. The molecule has 1 aromatic heterocycles. The molecule has 3 aromatic rings. The van der Waals surface area contributed by atoms with Crippen LogP contribution in [0.1, 0.15) is 21.6 Å². The Morgan fingerprint density at radius 3 is 2.70 bits per heavy atom. The number of hydrogen-bond donors (Lipinski definition) is 2. The number of carboxylic acids is 1. The average Bonchev–Trinajstić information content (AvgIpc) is 2.85. The third-order valence-electron chi connectivity index (χ3n) is 3.63. The monoisotopic (exact) mass is 328 g/mol. The van der Waals surface area contributed by atoms with Crippen molar-refractivity contribution < 1.29 is 14.3 Å². The number of carboxylic acid groups (broad SMARTS) is 1. The number of aromatic nitrogens is 1. The maximum atomic E-state index is 13.4. The molecular weight excluding hydrogens is 315 g/mol.